The van der Waals surface area contributed by atoms with Crippen molar-refractivity contribution >= 4 is 22.9 Å². The number of para-hydroxylation sites is 2. The maximum absolute atomic E-state index is 13.0. The third kappa shape index (κ3) is 3.10. The van der Waals surface area contributed by atoms with Crippen molar-refractivity contribution in [2.75, 3.05) is 19.5 Å². The first kappa shape index (κ1) is 17.3. The molecule has 1 heterocycles. The van der Waals surface area contributed by atoms with Crippen LogP contribution in [-0.4, -0.2) is 25.7 Å². The van der Waals surface area contributed by atoms with E-state index in [-0.39, 0.29) is 11.7 Å². The van der Waals surface area contributed by atoms with Gasteiger partial charge in [-0.3, -0.25) is 9.79 Å². The van der Waals surface area contributed by atoms with Crippen LogP contribution in [0.5, 0.6) is 11.5 Å². The fraction of sp³-hybridized carbons (Fsp3) is 0.273. The fourth-order valence-electron chi connectivity index (χ4n) is 3.88. The minimum atomic E-state index is 0.0268. The van der Waals surface area contributed by atoms with Crippen LogP contribution in [0.1, 0.15) is 31.2 Å². The van der Waals surface area contributed by atoms with E-state index in [0.29, 0.717) is 12.8 Å². The Hall–Kier alpha value is -3.08. The molecule has 2 aromatic rings. The molecule has 0 amide bonds. The number of fused-ring (bicyclic) bond motifs is 2. The normalized spacial score (nSPS) is 18.7. The van der Waals surface area contributed by atoms with Gasteiger partial charge in [-0.25, -0.2) is 0 Å². The van der Waals surface area contributed by atoms with Gasteiger partial charge in [0.25, 0.3) is 0 Å². The number of benzene rings is 2. The SMILES string of the molecule is COc1ccc([C@H]2CC(=O)C3=C(C)Nc4ccccc4N=C3C2)c(OC)c1. The zero-order chi connectivity index (χ0) is 19.0. The number of carbonyl (C=O) groups is 1. The number of hydrogen-bond donors (Lipinski definition) is 1. The molecular formula is C22H22N2O3. The van der Waals surface area contributed by atoms with Gasteiger partial charge in [-0.15, -0.1) is 0 Å². The molecule has 1 aliphatic heterocycles. The lowest BCUT2D eigenvalue weighted by atomic mass is 9.78. The second-order valence-corrected chi connectivity index (χ2v) is 6.84. The number of methoxy groups -OCH3 is 2. The number of hydrogen-bond acceptors (Lipinski definition) is 5. The molecular weight excluding hydrogens is 340 g/mol. The summed E-state index contributed by atoms with van der Waals surface area (Å²) < 4.78 is 10.8. The van der Waals surface area contributed by atoms with Crippen molar-refractivity contribution in [1.82, 2.24) is 0 Å². The third-order valence-corrected chi connectivity index (χ3v) is 5.18. The number of Topliss-reactive ketones (excluding diaryl/α,β-unsaturated/α-hetero) is 1. The van der Waals surface area contributed by atoms with Crippen LogP contribution < -0.4 is 14.8 Å². The predicted molar refractivity (Wildman–Crippen MR) is 106 cm³/mol. The summed E-state index contributed by atoms with van der Waals surface area (Å²) >= 11 is 0. The molecule has 4 rings (SSSR count). The lowest BCUT2D eigenvalue weighted by molar-refractivity contribution is -0.115. The maximum Gasteiger partial charge on any atom is 0.167 e. The summed E-state index contributed by atoms with van der Waals surface area (Å²) in [5, 5.41) is 3.35. The first-order valence-corrected chi connectivity index (χ1v) is 9.00. The Balaban J connectivity index is 1.77. The molecule has 0 spiro atoms. The van der Waals surface area contributed by atoms with Gasteiger partial charge in [0.15, 0.2) is 5.78 Å². The molecule has 27 heavy (non-hydrogen) atoms. The van der Waals surface area contributed by atoms with Crippen molar-refractivity contribution in [3.8, 4) is 11.5 Å². The number of nitrogens with zero attached hydrogens (tertiary/aromatic N) is 1. The summed E-state index contributed by atoms with van der Waals surface area (Å²) in [6, 6.07) is 13.6. The van der Waals surface area contributed by atoms with Crippen molar-refractivity contribution in [2.24, 2.45) is 4.99 Å². The number of carbonyl (C=O) groups excluding carboxylic acids is 1. The van der Waals surface area contributed by atoms with Crippen molar-refractivity contribution in [1.29, 1.82) is 0 Å². The van der Waals surface area contributed by atoms with Gasteiger partial charge in [-0.2, -0.15) is 0 Å². The van der Waals surface area contributed by atoms with Crippen LogP contribution in [0.2, 0.25) is 0 Å². The summed E-state index contributed by atoms with van der Waals surface area (Å²) in [5.41, 5.74) is 5.21. The Kier molecular flexibility index (Phi) is 4.44. The fourth-order valence-corrected chi connectivity index (χ4v) is 3.88. The lowest BCUT2D eigenvalue weighted by Gasteiger charge is -2.27. The summed E-state index contributed by atoms with van der Waals surface area (Å²) in [4.78, 5) is 17.8. The minimum absolute atomic E-state index is 0.0268. The highest BCUT2D eigenvalue weighted by atomic mass is 16.5. The van der Waals surface area contributed by atoms with Gasteiger partial charge in [0, 0.05) is 24.1 Å². The van der Waals surface area contributed by atoms with E-state index in [1.54, 1.807) is 14.2 Å². The van der Waals surface area contributed by atoms with Gasteiger partial charge in [-0.1, -0.05) is 18.2 Å². The number of ether oxygens (including phenoxy) is 2. The number of anilines is 1. The van der Waals surface area contributed by atoms with Crippen LogP contribution in [0.3, 0.4) is 0 Å². The largest absolute Gasteiger partial charge is 0.497 e. The molecule has 0 saturated heterocycles. The molecule has 0 radical (unpaired) electrons. The Morgan fingerprint density at radius 2 is 1.89 bits per heavy atom. The molecule has 138 valence electrons. The van der Waals surface area contributed by atoms with Crippen molar-refractivity contribution in [3.05, 3.63) is 59.3 Å². The van der Waals surface area contributed by atoms with E-state index < -0.39 is 0 Å². The first-order valence-electron chi connectivity index (χ1n) is 9.00. The highest BCUT2D eigenvalue weighted by molar-refractivity contribution is 6.26. The van der Waals surface area contributed by atoms with Crippen molar-refractivity contribution < 1.29 is 14.3 Å². The number of nitrogens with one attached hydrogen (secondary N) is 1. The molecule has 0 bridgehead atoms. The summed E-state index contributed by atoms with van der Waals surface area (Å²) in [6.45, 7) is 1.94. The van der Waals surface area contributed by atoms with E-state index in [9.17, 15) is 4.79 Å². The minimum Gasteiger partial charge on any atom is -0.497 e. The van der Waals surface area contributed by atoms with Crippen LogP contribution in [-0.2, 0) is 4.79 Å². The molecule has 2 aliphatic rings. The highest BCUT2D eigenvalue weighted by Crippen LogP contribution is 2.41. The number of rotatable bonds is 3. The molecule has 1 fully saturated rings. The Morgan fingerprint density at radius 3 is 2.67 bits per heavy atom. The first-order chi connectivity index (χ1) is 13.1. The monoisotopic (exact) mass is 362 g/mol. The number of ketones is 1. The molecule has 2 aromatic carbocycles. The summed E-state index contributed by atoms with van der Waals surface area (Å²) in [6.07, 6.45) is 1.13. The second kappa shape index (κ2) is 6.91. The van der Waals surface area contributed by atoms with Gasteiger partial charge in [-0.05, 0) is 37.1 Å². The van der Waals surface area contributed by atoms with E-state index in [0.717, 1.165) is 45.4 Å². The van der Waals surface area contributed by atoms with Crippen LogP contribution in [0.4, 0.5) is 11.4 Å². The molecule has 0 aromatic heterocycles. The number of aliphatic imine (C=N–C) groups is 1. The van der Waals surface area contributed by atoms with Crippen LogP contribution in [0.25, 0.3) is 0 Å². The molecule has 5 heteroatoms. The average molecular weight is 362 g/mol. The van der Waals surface area contributed by atoms with Gasteiger partial charge < -0.3 is 14.8 Å². The molecule has 5 nitrogen and oxygen atoms in total. The quantitative estimate of drug-likeness (QED) is 0.865. The van der Waals surface area contributed by atoms with E-state index in [2.05, 4.69) is 5.32 Å². The van der Waals surface area contributed by atoms with E-state index >= 15 is 0 Å². The molecule has 0 unspecified atom stereocenters. The Morgan fingerprint density at radius 1 is 1.07 bits per heavy atom. The molecule has 1 N–H and O–H groups in total. The zero-order valence-electron chi connectivity index (χ0n) is 15.7. The average Bonchev–Trinajstić information content (AvgIpc) is 2.82. The standard InChI is InChI=1S/C22H22N2O3/c1-13-22-19(24-18-7-5-4-6-17(18)23-13)10-14(11-20(22)25)16-9-8-15(26-2)12-21(16)27-3/h4-9,12,14,23H,10-11H2,1-3H3/t14-/m1/s1. The Bertz CT molecular complexity index is 975. The molecule has 1 saturated carbocycles. The molecule has 1 aliphatic carbocycles. The van der Waals surface area contributed by atoms with E-state index in [1.165, 1.54) is 0 Å². The van der Waals surface area contributed by atoms with Crippen molar-refractivity contribution in [3.63, 3.8) is 0 Å². The van der Waals surface area contributed by atoms with Gasteiger partial charge in [0.2, 0.25) is 0 Å². The van der Waals surface area contributed by atoms with Gasteiger partial charge >= 0.3 is 0 Å². The smallest absolute Gasteiger partial charge is 0.167 e. The zero-order valence-corrected chi connectivity index (χ0v) is 15.7. The summed E-state index contributed by atoms with van der Waals surface area (Å²) in [7, 11) is 3.27. The highest BCUT2D eigenvalue weighted by Gasteiger charge is 2.34. The topological polar surface area (TPSA) is 59.9 Å². The summed E-state index contributed by atoms with van der Waals surface area (Å²) in [5.74, 6) is 1.61. The predicted octanol–water partition coefficient (Wildman–Crippen LogP) is 4.62. The van der Waals surface area contributed by atoms with Crippen LogP contribution >= 0.6 is 0 Å². The molecule has 1 atom stereocenters. The van der Waals surface area contributed by atoms with E-state index in [4.69, 9.17) is 14.5 Å². The lowest BCUT2D eigenvalue weighted by Crippen LogP contribution is -2.26. The third-order valence-electron chi connectivity index (χ3n) is 5.18. The van der Waals surface area contributed by atoms with Crippen LogP contribution in [0, 0.1) is 0 Å². The Labute approximate surface area is 158 Å². The number of allylic oxidation sites excluding steroid dienone is 2. The van der Waals surface area contributed by atoms with Crippen LogP contribution in [0.15, 0.2) is 58.7 Å². The van der Waals surface area contributed by atoms with Gasteiger partial charge in [0.05, 0.1) is 36.9 Å². The second-order valence-electron chi connectivity index (χ2n) is 6.84. The maximum atomic E-state index is 13.0. The van der Waals surface area contributed by atoms with E-state index in [1.807, 2.05) is 49.4 Å². The van der Waals surface area contributed by atoms with Gasteiger partial charge in [0.1, 0.15) is 11.5 Å². The van der Waals surface area contributed by atoms with Crippen molar-refractivity contribution in [2.45, 2.75) is 25.7 Å².